The fourth-order valence-corrected chi connectivity index (χ4v) is 2.90. The van der Waals surface area contributed by atoms with Gasteiger partial charge in [0.1, 0.15) is 12.0 Å². The Hall–Kier alpha value is -3.16. The van der Waals surface area contributed by atoms with Gasteiger partial charge in [0.05, 0.1) is 11.2 Å². The van der Waals surface area contributed by atoms with Crippen LogP contribution in [0.1, 0.15) is 18.7 Å². The summed E-state index contributed by atoms with van der Waals surface area (Å²) in [6, 6.07) is 10.8. The molecule has 0 radical (unpaired) electrons. The van der Waals surface area contributed by atoms with Crippen molar-refractivity contribution in [3.05, 3.63) is 42.1 Å². The molecule has 1 aromatic carbocycles. The summed E-state index contributed by atoms with van der Waals surface area (Å²) >= 11 is 0. The number of hydrogen-bond acceptors (Lipinski definition) is 6. The SMILES string of the molecule is CC1=Nc2nnnn2C(c2ccc3ccccc3n2)C1C(=O)O. The van der Waals surface area contributed by atoms with Crippen LogP contribution >= 0.6 is 0 Å². The summed E-state index contributed by atoms with van der Waals surface area (Å²) in [4.78, 5) is 20.5. The third-order valence-electron chi connectivity index (χ3n) is 3.97. The number of fused-ring (bicyclic) bond motifs is 2. The van der Waals surface area contributed by atoms with Crippen molar-refractivity contribution in [2.45, 2.75) is 13.0 Å². The van der Waals surface area contributed by atoms with E-state index in [-0.39, 0.29) is 0 Å². The smallest absolute Gasteiger partial charge is 0.314 e. The molecule has 2 unspecified atom stereocenters. The Balaban J connectivity index is 1.92. The highest BCUT2D eigenvalue weighted by Gasteiger charge is 2.40. The van der Waals surface area contributed by atoms with Gasteiger partial charge in [0.25, 0.3) is 5.95 Å². The second-order valence-corrected chi connectivity index (χ2v) is 5.37. The van der Waals surface area contributed by atoms with Gasteiger partial charge < -0.3 is 5.11 Å². The van der Waals surface area contributed by atoms with Gasteiger partial charge in [-0.25, -0.2) is 4.99 Å². The van der Waals surface area contributed by atoms with Crippen molar-refractivity contribution in [2.24, 2.45) is 10.9 Å². The van der Waals surface area contributed by atoms with Gasteiger partial charge >= 0.3 is 5.97 Å². The minimum absolute atomic E-state index is 0.292. The van der Waals surface area contributed by atoms with Crippen molar-refractivity contribution in [2.75, 3.05) is 0 Å². The van der Waals surface area contributed by atoms with Crippen LogP contribution in [-0.4, -0.2) is 42.0 Å². The number of para-hydroxylation sites is 1. The molecular weight excluding hydrogens is 296 g/mol. The van der Waals surface area contributed by atoms with Crippen LogP contribution in [0.5, 0.6) is 0 Å². The predicted molar refractivity (Wildman–Crippen MR) is 81.6 cm³/mol. The van der Waals surface area contributed by atoms with E-state index in [0.29, 0.717) is 17.4 Å². The van der Waals surface area contributed by atoms with Crippen LogP contribution in [0.15, 0.2) is 41.4 Å². The minimum Gasteiger partial charge on any atom is -0.481 e. The Morgan fingerprint density at radius 2 is 2.04 bits per heavy atom. The predicted octanol–water partition coefficient (Wildman–Crippen LogP) is 1.62. The lowest BCUT2D eigenvalue weighted by molar-refractivity contribution is -0.140. The maximum Gasteiger partial charge on any atom is 0.314 e. The molecule has 4 rings (SSSR count). The molecule has 8 heteroatoms. The molecule has 0 saturated heterocycles. The molecule has 3 aromatic rings. The van der Waals surface area contributed by atoms with E-state index in [0.717, 1.165) is 10.9 Å². The molecule has 2 atom stereocenters. The Labute approximate surface area is 130 Å². The van der Waals surface area contributed by atoms with Crippen LogP contribution in [0.4, 0.5) is 5.95 Å². The van der Waals surface area contributed by atoms with Crippen LogP contribution in [0.25, 0.3) is 10.9 Å². The second-order valence-electron chi connectivity index (χ2n) is 5.37. The number of nitrogens with zero attached hydrogens (tertiary/aromatic N) is 6. The Kier molecular flexibility index (Phi) is 2.90. The Morgan fingerprint density at radius 1 is 1.22 bits per heavy atom. The first-order chi connectivity index (χ1) is 11.1. The molecule has 3 heterocycles. The number of carbonyl (C=O) groups is 1. The van der Waals surface area contributed by atoms with E-state index in [1.54, 1.807) is 6.92 Å². The molecule has 1 aliphatic rings. The Bertz CT molecular complexity index is 948. The highest BCUT2D eigenvalue weighted by Crippen LogP contribution is 2.34. The number of rotatable bonds is 2. The first kappa shape index (κ1) is 13.5. The largest absolute Gasteiger partial charge is 0.481 e. The first-order valence-electron chi connectivity index (χ1n) is 7.06. The molecule has 0 fully saturated rings. The molecule has 8 nitrogen and oxygen atoms in total. The number of aliphatic imine (C=N–C) groups is 1. The number of tetrazole rings is 1. The van der Waals surface area contributed by atoms with Crippen molar-refractivity contribution in [1.29, 1.82) is 0 Å². The van der Waals surface area contributed by atoms with Crippen molar-refractivity contribution in [1.82, 2.24) is 25.2 Å². The van der Waals surface area contributed by atoms with Crippen LogP contribution in [0.2, 0.25) is 0 Å². The van der Waals surface area contributed by atoms with Gasteiger partial charge in [-0.1, -0.05) is 29.4 Å². The number of carboxylic acids is 1. The highest BCUT2D eigenvalue weighted by atomic mass is 16.4. The number of carboxylic acid groups (broad SMARTS) is 1. The third-order valence-corrected chi connectivity index (χ3v) is 3.97. The van der Waals surface area contributed by atoms with Crippen LogP contribution in [-0.2, 0) is 4.79 Å². The summed E-state index contributed by atoms with van der Waals surface area (Å²) < 4.78 is 1.42. The molecule has 1 N–H and O–H groups in total. The lowest BCUT2D eigenvalue weighted by Crippen LogP contribution is -2.36. The van der Waals surface area contributed by atoms with E-state index in [1.165, 1.54) is 4.68 Å². The third kappa shape index (κ3) is 2.07. The first-order valence-corrected chi connectivity index (χ1v) is 7.06. The highest BCUT2D eigenvalue weighted by molar-refractivity contribution is 6.02. The van der Waals surface area contributed by atoms with Gasteiger partial charge in [0, 0.05) is 11.1 Å². The van der Waals surface area contributed by atoms with Gasteiger partial charge in [-0.2, -0.15) is 4.68 Å². The maximum absolute atomic E-state index is 11.8. The summed E-state index contributed by atoms with van der Waals surface area (Å²) in [6.45, 7) is 1.67. The number of aliphatic carboxylic acids is 1. The van der Waals surface area contributed by atoms with Crippen LogP contribution in [0.3, 0.4) is 0 Å². The van der Waals surface area contributed by atoms with Gasteiger partial charge in [0.15, 0.2) is 0 Å². The van der Waals surface area contributed by atoms with Gasteiger partial charge in [-0.3, -0.25) is 9.78 Å². The average Bonchev–Trinajstić information content (AvgIpc) is 3.00. The lowest BCUT2D eigenvalue weighted by atomic mass is 9.91. The zero-order valence-corrected chi connectivity index (χ0v) is 12.2. The zero-order chi connectivity index (χ0) is 16.0. The monoisotopic (exact) mass is 308 g/mol. The van der Waals surface area contributed by atoms with Gasteiger partial charge in [-0.15, -0.1) is 0 Å². The number of pyridine rings is 1. The fraction of sp³-hybridized carbons (Fsp3) is 0.200. The van der Waals surface area contributed by atoms with Crippen molar-refractivity contribution in [3.8, 4) is 0 Å². The minimum atomic E-state index is -0.979. The number of aromatic nitrogens is 5. The van der Waals surface area contributed by atoms with E-state index in [4.69, 9.17) is 0 Å². The van der Waals surface area contributed by atoms with E-state index in [9.17, 15) is 9.90 Å². The van der Waals surface area contributed by atoms with Crippen molar-refractivity contribution < 1.29 is 9.90 Å². The molecular formula is C15H12N6O2. The molecule has 0 amide bonds. The molecule has 0 bridgehead atoms. The fourth-order valence-electron chi connectivity index (χ4n) is 2.90. The molecule has 2 aromatic heterocycles. The van der Waals surface area contributed by atoms with Gasteiger partial charge in [0.2, 0.25) is 0 Å². The zero-order valence-electron chi connectivity index (χ0n) is 12.2. The summed E-state index contributed by atoms with van der Waals surface area (Å²) in [6.07, 6.45) is 0. The van der Waals surface area contributed by atoms with E-state index < -0.39 is 17.9 Å². The van der Waals surface area contributed by atoms with Crippen LogP contribution in [0, 0.1) is 5.92 Å². The summed E-state index contributed by atoms with van der Waals surface area (Å²) in [5.74, 6) is -1.55. The van der Waals surface area contributed by atoms with Crippen molar-refractivity contribution >= 4 is 28.5 Å². The van der Waals surface area contributed by atoms with Crippen molar-refractivity contribution in [3.63, 3.8) is 0 Å². The molecule has 1 aliphatic heterocycles. The molecule has 0 aliphatic carbocycles. The number of hydrogen-bond donors (Lipinski definition) is 1. The quantitative estimate of drug-likeness (QED) is 0.771. The van der Waals surface area contributed by atoms with Crippen LogP contribution < -0.4 is 0 Å². The lowest BCUT2D eigenvalue weighted by Gasteiger charge is -2.27. The normalized spacial score (nSPS) is 20.1. The summed E-state index contributed by atoms with van der Waals surface area (Å²) in [7, 11) is 0. The standard InChI is InChI=1S/C15H12N6O2/c1-8-12(14(22)23)13(21-15(16-8)18-19-20-21)11-7-6-9-4-2-3-5-10(9)17-11/h2-7,12-13H,1H3,(H,22,23). The topological polar surface area (TPSA) is 106 Å². The van der Waals surface area contributed by atoms with E-state index in [2.05, 4.69) is 25.5 Å². The maximum atomic E-state index is 11.8. The number of benzene rings is 1. The average molecular weight is 308 g/mol. The van der Waals surface area contributed by atoms with Gasteiger partial charge in [-0.05, 0) is 29.5 Å². The molecule has 23 heavy (non-hydrogen) atoms. The Morgan fingerprint density at radius 3 is 2.87 bits per heavy atom. The van der Waals surface area contributed by atoms with E-state index in [1.807, 2.05) is 36.4 Å². The molecule has 114 valence electrons. The summed E-state index contributed by atoms with van der Waals surface area (Å²) in [5, 5.41) is 22.0. The molecule has 0 saturated carbocycles. The summed E-state index contributed by atoms with van der Waals surface area (Å²) in [5.41, 5.74) is 1.85. The van der Waals surface area contributed by atoms with E-state index >= 15 is 0 Å². The second kappa shape index (κ2) is 4.94. The molecule has 0 spiro atoms.